The zero-order chi connectivity index (χ0) is 26.1. The van der Waals surface area contributed by atoms with Crippen LogP contribution in [0.25, 0.3) is 0 Å². The summed E-state index contributed by atoms with van der Waals surface area (Å²) in [6.07, 6.45) is 10.9. The molecule has 4 fully saturated rings. The van der Waals surface area contributed by atoms with Crippen molar-refractivity contribution in [3.63, 3.8) is 0 Å². The number of fused-ring (bicyclic) bond motifs is 5. The summed E-state index contributed by atoms with van der Waals surface area (Å²) < 4.78 is 5.94. The number of esters is 1. The maximum atomic E-state index is 12.7. The number of carboxylic acids is 1. The first-order chi connectivity index (χ1) is 17.1. The second-order valence-corrected chi connectivity index (χ2v) is 13.2. The fourth-order valence-electron chi connectivity index (χ4n) is 9.45. The Balaban J connectivity index is 1.31. The van der Waals surface area contributed by atoms with Gasteiger partial charge in [-0.25, -0.2) is 0 Å². The van der Waals surface area contributed by atoms with Gasteiger partial charge in [-0.15, -0.1) is 0 Å². The van der Waals surface area contributed by atoms with Crippen LogP contribution in [-0.2, 0) is 14.3 Å². The topological polar surface area (TPSA) is 87.1 Å². The number of nitrogens with zero attached hydrogens (tertiary/aromatic N) is 1. The Morgan fingerprint density at radius 3 is 2.28 bits per heavy atom. The van der Waals surface area contributed by atoms with E-state index in [0.29, 0.717) is 30.2 Å². The highest BCUT2D eigenvalue weighted by Crippen LogP contribution is 2.67. The van der Waals surface area contributed by atoms with E-state index in [2.05, 4.69) is 32.6 Å². The quantitative estimate of drug-likeness (QED) is 0.381. The third-order valence-corrected chi connectivity index (χ3v) is 11.2. The average molecular weight is 506 g/mol. The molecule has 0 amide bonds. The van der Waals surface area contributed by atoms with Crippen molar-refractivity contribution in [1.82, 2.24) is 4.90 Å². The molecule has 4 aliphatic carbocycles. The minimum Gasteiger partial charge on any atom is -0.481 e. The molecule has 4 aliphatic rings. The smallest absolute Gasteiger partial charge is 0.308 e. The molecule has 0 spiro atoms. The molecule has 36 heavy (non-hydrogen) atoms. The maximum absolute atomic E-state index is 12.7. The molecule has 0 heterocycles. The van der Waals surface area contributed by atoms with Gasteiger partial charge in [0.15, 0.2) is 0 Å². The third kappa shape index (κ3) is 5.36. The first kappa shape index (κ1) is 27.9. The highest BCUT2D eigenvalue weighted by Gasteiger charge is 2.61. The summed E-state index contributed by atoms with van der Waals surface area (Å²) in [5, 5.41) is 20.3. The maximum Gasteiger partial charge on any atom is 0.308 e. The van der Waals surface area contributed by atoms with Crippen LogP contribution < -0.4 is 0 Å². The lowest BCUT2D eigenvalue weighted by Gasteiger charge is -2.60. The summed E-state index contributed by atoms with van der Waals surface area (Å²) in [6, 6.07) is 0. The molecule has 0 aromatic rings. The van der Waals surface area contributed by atoms with Crippen LogP contribution in [0.15, 0.2) is 0 Å². The Kier molecular flexibility index (Phi) is 8.76. The third-order valence-electron chi connectivity index (χ3n) is 11.2. The number of aliphatic hydroxyl groups excluding tert-OH is 1. The van der Waals surface area contributed by atoms with Crippen LogP contribution in [0.2, 0.25) is 0 Å². The molecule has 0 aliphatic heterocycles. The van der Waals surface area contributed by atoms with Crippen molar-refractivity contribution < 1.29 is 24.5 Å². The minimum absolute atomic E-state index is 0.0292. The number of ether oxygens (including phenoxy) is 1. The van der Waals surface area contributed by atoms with Crippen LogP contribution in [0, 0.1) is 40.4 Å². The van der Waals surface area contributed by atoms with Crippen LogP contribution >= 0.6 is 0 Å². The zero-order valence-electron chi connectivity index (χ0n) is 23.2. The van der Waals surface area contributed by atoms with Crippen LogP contribution in [0.4, 0.5) is 0 Å². The molecule has 9 atom stereocenters. The molecule has 4 saturated carbocycles. The van der Waals surface area contributed by atoms with E-state index in [1.54, 1.807) is 0 Å². The number of hydrogen-bond donors (Lipinski definition) is 2. The van der Waals surface area contributed by atoms with Gasteiger partial charge in [-0.05, 0) is 118 Å². The number of hydrogen-bond acceptors (Lipinski definition) is 5. The van der Waals surface area contributed by atoms with Gasteiger partial charge >= 0.3 is 11.9 Å². The van der Waals surface area contributed by atoms with Gasteiger partial charge in [0.1, 0.15) is 6.10 Å². The standard InChI is InChI=1S/C30H51NO5/c1-5-15-31(16-6-2)19-21(32)18-27(33)36-22-11-13-29(3)20(17-22)7-8-23-24-9-10-26(28(34)35)30(24,4)14-12-25(23)29/h20-26,32H,5-19H2,1-4H3,(H,34,35)/t20?,21?,22?,23-,24-,25-,26?,29-,30-/m0/s1. The molecule has 2 N–H and O–H groups in total. The van der Waals surface area contributed by atoms with Gasteiger partial charge in [-0.3, -0.25) is 9.59 Å². The molecule has 4 unspecified atom stereocenters. The summed E-state index contributed by atoms with van der Waals surface area (Å²) in [6.45, 7) is 11.5. The molecule has 0 radical (unpaired) electrons. The van der Waals surface area contributed by atoms with Gasteiger partial charge in [-0.2, -0.15) is 0 Å². The molecular weight excluding hydrogens is 454 g/mol. The predicted octanol–water partition coefficient (Wildman–Crippen LogP) is 5.51. The number of aliphatic carboxylic acids is 1. The van der Waals surface area contributed by atoms with E-state index in [4.69, 9.17) is 4.74 Å². The Hall–Kier alpha value is -1.14. The van der Waals surface area contributed by atoms with Crippen LogP contribution in [0.3, 0.4) is 0 Å². The summed E-state index contributed by atoms with van der Waals surface area (Å²) in [5.74, 6) is 1.43. The monoisotopic (exact) mass is 505 g/mol. The second kappa shape index (κ2) is 11.3. The van der Waals surface area contributed by atoms with E-state index < -0.39 is 12.1 Å². The van der Waals surface area contributed by atoms with Crippen molar-refractivity contribution in [2.24, 2.45) is 40.4 Å². The van der Waals surface area contributed by atoms with Crippen molar-refractivity contribution in [1.29, 1.82) is 0 Å². The molecule has 0 aromatic carbocycles. The first-order valence-corrected chi connectivity index (χ1v) is 14.9. The van der Waals surface area contributed by atoms with Crippen molar-refractivity contribution in [2.45, 2.75) is 117 Å². The lowest BCUT2D eigenvalue weighted by molar-refractivity contribution is -0.166. The Bertz CT molecular complexity index is 781. The molecule has 0 bridgehead atoms. The first-order valence-electron chi connectivity index (χ1n) is 14.9. The van der Waals surface area contributed by atoms with Gasteiger partial charge in [0.05, 0.1) is 18.4 Å². The summed E-state index contributed by atoms with van der Waals surface area (Å²) >= 11 is 0. The Morgan fingerprint density at radius 1 is 0.944 bits per heavy atom. The lowest BCUT2D eigenvalue weighted by atomic mass is 9.44. The minimum atomic E-state index is -0.669. The summed E-state index contributed by atoms with van der Waals surface area (Å²) in [5.41, 5.74) is 0.238. The molecular formula is C30H51NO5. The molecule has 6 nitrogen and oxygen atoms in total. The fraction of sp³-hybridized carbons (Fsp3) is 0.933. The number of carbonyl (C=O) groups is 2. The Morgan fingerprint density at radius 2 is 1.61 bits per heavy atom. The van der Waals surface area contributed by atoms with Crippen molar-refractivity contribution in [3.05, 3.63) is 0 Å². The van der Waals surface area contributed by atoms with E-state index >= 15 is 0 Å². The van der Waals surface area contributed by atoms with E-state index in [0.717, 1.165) is 70.9 Å². The number of rotatable bonds is 10. The highest BCUT2D eigenvalue weighted by molar-refractivity contribution is 5.71. The van der Waals surface area contributed by atoms with Gasteiger partial charge in [0.2, 0.25) is 0 Å². The lowest BCUT2D eigenvalue weighted by Crippen LogP contribution is -2.54. The van der Waals surface area contributed by atoms with Gasteiger partial charge < -0.3 is 19.8 Å². The normalized spacial score (nSPS) is 40.7. The SMILES string of the molecule is CCCN(CCC)CC(O)CC(=O)OC1CC[C@@]2(C)C(CC[C@@H]3[C@@H]2CC[C@]2(C)C(C(=O)O)CC[C@@H]32)C1. The summed E-state index contributed by atoms with van der Waals surface area (Å²) in [7, 11) is 0. The van der Waals surface area contributed by atoms with Gasteiger partial charge in [-0.1, -0.05) is 27.7 Å². The van der Waals surface area contributed by atoms with E-state index in [1.807, 2.05) is 0 Å². The fourth-order valence-corrected chi connectivity index (χ4v) is 9.45. The van der Waals surface area contributed by atoms with E-state index in [-0.39, 0.29) is 35.2 Å². The molecule has 0 saturated heterocycles. The van der Waals surface area contributed by atoms with Crippen LogP contribution in [-0.4, -0.2) is 58.9 Å². The number of carboxylic acid groups (broad SMARTS) is 1. The number of aliphatic hydroxyl groups is 1. The summed E-state index contributed by atoms with van der Waals surface area (Å²) in [4.78, 5) is 26.9. The highest BCUT2D eigenvalue weighted by atomic mass is 16.5. The molecule has 4 rings (SSSR count). The average Bonchev–Trinajstić information content (AvgIpc) is 3.17. The molecule has 206 valence electrons. The van der Waals surface area contributed by atoms with Crippen molar-refractivity contribution >= 4 is 11.9 Å². The van der Waals surface area contributed by atoms with Crippen molar-refractivity contribution in [3.8, 4) is 0 Å². The van der Waals surface area contributed by atoms with E-state index in [1.165, 1.54) is 12.8 Å². The van der Waals surface area contributed by atoms with Gasteiger partial charge in [0, 0.05) is 6.54 Å². The zero-order valence-corrected chi connectivity index (χ0v) is 23.2. The predicted molar refractivity (Wildman–Crippen MR) is 140 cm³/mol. The Labute approximate surface area is 218 Å². The van der Waals surface area contributed by atoms with Crippen molar-refractivity contribution in [2.75, 3.05) is 19.6 Å². The molecule has 0 aromatic heterocycles. The molecule has 6 heteroatoms. The van der Waals surface area contributed by atoms with E-state index in [9.17, 15) is 19.8 Å². The second-order valence-electron chi connectivity index (χ2n) is 13.2. The largest absolute Gasteiger partial charge is 0.481 e. The number of carbonyl (C=O) groups excluding carboxylic acids is 1. The van der Waals surface area contributed by atoms with Crippen LogP contribution in [0.1, 0.15) is 105 Å². The van der Waals surface area contributed by atoms with Crippen LogP contribution in [0.5, 0.6) is 0 Å². The van der Waals surface area contributed by atoms with Gasteiger partial charge in [0.25, 0.3) is 0 Å².